The Bertz CT molecular complexity index is 954. The maximum Gasteiger partial charge on any atom is 0.222 e. The summed E-state index contributed by atoms with van der Waals surface area (Å²) >= 11 is 0. The molecule has 0 unspecified atom stereocenters. The van der Waals surface area contributed by atoms with Gasteiger partial charge >= 0.3 is 0 Å². The van der Waals surface area contributed by atoms with E-state index in [2.05, 4.69) is 40.1 Å². The van der Waals surface area contributed by atoms with Crippen molar-refractivity contribution in [2.75, 3.05) is 39.2 Å². The van der Waals surface area contributed by atoms with E-state index in [0.717, 1.165) is 68.1 Å². The summed E-state index contributed by atoms with van der Waals surface area (Å²) < 4.78 is 18.5. The van der Waals surface area contributed by atoms with Crippen molar-refractivity contribution < 1.29 is 14.2 Å². The number of fused-ring (bicyclic) bond motifs is 3. The van der Waals surface area contributed by atoms with E-state index in [1.54, 1.807) is 7.11 Å². The van der Waals surface area contributed by atoms with E-state index < -0.39 is 0 Å². The summed E-state index contributed by atoms with van der Waals surface area (Å²) in [5.41, 5.74) is 2.27. The summed E-state index contributed by atoms with van der Waals surface area (Å²) in [4.78, 5) is 11.2. The van der Waals surface area contributed by atoms with Crippen molar-refractivity contribution in [1.82, 2.24) is 14.9 Å². The van der Waals surface area contributed by atoms with Gasteiger partial charge in [0.15, 0.2) is 0 Å². The Labute approximate surface area is 190 Å². The number of anilines is 1. The first-order chi connectivity index (χ1) is 15.4. The predicted octanol–water partition coefficient (Wildman–Crippen LogP) is 4.06. The Kier molecular flexibility index (Phi) is 5.50. The first-order valence-corrected chi connectivity index (χ1v) is 11.6. The molecule has 1 N–H and O–H groups in total. The molecule has 172 valence electrons. The van der Waals surface area contributed by atoms with E-state index in [-0.39, 0.29) is 17.1 Å². The Morgan fingerprint density at radius 2 is 1.94 bits per heavy atom. The van der Waals surface area contributed by atoms with Crippen LogP contribution in [0.2, 0.25) is 0 Å². The molecule has 7 nitrogen and oxygen atoms in total. The van der Waals surface area contributed by atoms with Crippen LogP contribution in [0, 0.1) is 11.3 Å². The van der Waals surface area contributed by atoms with Crippen molar-refractivity contribution >= 4 is 5.95 Å². The Hall–Kier alpha value is -2.38. The molecule has 2 atom stereocenters. The summed E-state index contributed by atoms with van der Waals surface area (Å²) in [6, 6.07) is 6.12. The molecule has 0 saturated carbocycles. The maximum absolute atomic E-state index is 6.62. The SMILES string of the molecule is CNc1ncc(CN2CCC3(CC2)CO[C@@H]2c4ccc(OC)cc4OC(C)(C)[C@H]2C3)cn1. The number of hydrogen-bond acceptors (Lipinski definition) is 7. The number of aromatic nitrogens is 2. The van der Waals surface area contributed by atoms with Crippen LogP contribution in [0.3, 0.4) is 0 Å². The van der Waals surface area contributed by atoms with E-state index in [0.29, 0.717) is 11.9 Å². The molecule has 1 aromatic heterocycles. The van der Waals surface area contributed by atoms with Crippen LogP contribution in [0.1, 0.15) is 50.3 Å². The molecule has 2 saturated heterocycles. The third kappa shape index (κ3) is 3.92. The van der Waals surface area contributed by atoms with Crippen LogP contribution in [0.4, 0.5) is 5.95 Å². The van der Waals surface area contributed by atoms with Gasteiger partial charge < -0.3 is 19.5 Å². The highest BCUT2D eigenvalue weighted by molar-refractivity contribution is 5.45. The average Bonchev–Trinajstić information content (AvgIpc) is 2.81. The lowest BCUT2D eigenvalue weighted by Gasteiger charge is -2.54. The molecule has 1 aromatic carbocycles. The number of methoxy groups -OCH3 is 1. The molecule has 0 aliphatic carbocycles. The van der Waals surface area contributed by atoms with E-state index in [4.69, 9.17) is 14.2 Å². The van der Waals surface area contributed by atoms with Gasteiger partial charge in [-0.2, -0.15) is 0 Å². The molecule has 1 spiro atoms. The first kappa shape index (κ1) is 21.5. The fraction of sp³-hybridized carbons (Fsp3) is 0.600. The van der Waals surface area contributed by atoms with Crippen LogP contribution in [0.25, 0.3) is 0 Å². The van der Waals surface area contributed by atoms with Gasteiger partial charge in [0, 0.05) is 49.1 Å². The standard InChI is InChI=1S/C25H34N4O3/c1-24(2)20-12-25(16-31-22(20)19-6-5-18(30-4)11-21(19)32-24)7-9-29(10-8-25)15-17-13-27-23(26-3)28-14-17/h5-6,11,13-14,20,22H,7-10,12,15-16H2,1-4H3,(H,26,27,28)/t20-,22+/m0/s1. The molecule has 0 radical (unpaired) electrons. The zero-order valence-corrected chi connectivity index (χ0v) is 19.6. The lowest BCUT2D eigenvalue weighted by Crippen LogP contribution is -2.54. The fourth-order valence-corrected chi connectivity index (χ4v) is 5.61. The highest BCUT2D eigenvalue weighted by Gasteiger charge is 2.52. The van der Waals surface area contributed by atoms with Crippen LogP contribution in [-0.4, -0.2) is 54.3 Å². The summed E-state index contributed by atoms with van der Waals surface area (Å²) in [5.74, 6) is 2.72. The van der Waals surface area contributed by atoms with Crippen LogP contribution < -0.4 is 14.8 Å². The first-order valence-electron chi connectivity index (χ1n) is 11.6. The molecule has 32 heavy (non-hydrogen) atoms. The molecule has 0 bridgehead atoms. The van der Waals surface area contributed by atoms with Crippen LogP contribution in [0.15, 0.2) is 30.6 Å². The monoisotopic (exact) mass is 438 g/mol. The molecule has 0 amide bonds. The molecule has 3 aliphatic heterocycles. The summed E-state index contributed by atoms with van der Waals surface area (Å²) in [6.45, 7) is 8.28. The number of piperidine rings is 1. The number of rotatable bonds is 4. The van der Waals surface area contributed by atoms with Gasteiger partial charge in [-0.05, 0) is 63.7 Å². The lowest BCUT2D eigenvalue weighted by atomic mass is 9.64. The number of hydrogen-bond donors (Lipinski definition) is 1. The second-order valence-corrected chi connectivity index (χ2v) is 10.1. The van der Waals surface area contributed by atoms with E-state index >= 15 is 0 Å². The second kappa shape index (κ2) is 8.19. The van der Waals surface area contributed by atoms with Crippen LogP contribution in [0.5, 0.6) is 11.5 Å². The van der Waals surface area contributed by atoms with Crippen molar-refractivity contribution in [3.8, 4) is 11.5 Å². The molecule has 7 heteroatoms. The van der Waals surface area contributed by atoms with Crippen molar-refractivity contribution in [1.29, 1.82) is 0 Å². The highest BCUT2D eigenvalue weighted by atomic mass is 16.5. The summed E-state index contributed by atoms with van der Waals surface area (Å²) in [5, 5.41) is 2.97. The minimum absolute atomic E-state index is 0.0890. The smallest absolute Gasteiger partial charge is 0.222 e. The molecular weight excluding hydrogens is 404 g/mol. The van der Waals surface area contributed by atoms with E-state index in [1.165, 1.54) is 0 Å². The predicted molar refractivity (Wildman–Crippen MR) is 123 cm³/mol. The zero-order chi connectivity index (χ0) is 22.3. The van der Waals surface area contributed by atoms with Gasteiger partial charge in [0.25, 0.3) is 0 Å². The largest absolute Gasteiger partial charge is 0.497 e. The fourth-order valence-electron chi connectivity index (χ4n) is 5.61. The Balaban J connectivity index is 1.26. The highest BCUT2D eigenvalue weighted by Crippen LogP contribution is 2.55. The quantitative estimate of drug-likeness (QED) is 0.772. The van der Waals surface area contributed by atoms with E-state index in [1.807, 2.05) is 31.6 Å². The van der Waals surface area contributed by atoms with Gasteiger partial charge in [-0.25, -0.2) is 9.97 Å². The zero-order valence-electron chi connectivity index (χ0n) is 19.6. The maximum atomic E-state index is 6.62. The van der Waals surface area contributed by atoms with Crippen molar-refractivity contribution in [3.05, 3.63) is 41.7 Å². The molecular formula is C25H34N4O3. The topological polar surface area (TPSA) is 68.7 Å². The number of nitrogens with zero attached hydrogens (tertiary/aromatic N) is 3. The van der Waals surface area contributed by atoms with E-state index in [9.17, 15) is 0 Å². The third-order valence-corrected chi connectivity index (χ3v) is 7.63. The number of nitrogens with one attached hydrogen (secondary N) is 1. The van der Waals surface area contributed by atoms with Gasteiger partial charge in [0.2, 0.25) is 5.95 Å². The minimum Gasteiger partial charge on any atom is -0.497 e. The Morgan fingerprint density at radius 3 is 2.62 bits per heavy atom. The van der Waals surface area contributed by atoms with Crippen LogP contribution in [-0.2, 0) is 11.3 Å². The summed E-state index contributed by atoms with van der Waals surface area (Å²) in [6.07, 6.45) is 7.38. The van der Waals surface area contributed by atoms with Gasteiger partial charge in [-0.15, -0.1) is 0 Å². The molecule has 2 aromatic rings. The molecule has 3 aliphatic rings. The van der Waals surface area contributed by atoms with Gasteiger partial charge in [0.1, 0.15) is 17.1 Å². The average molecular weight is 439 g/mol. The number of ether oxygens (including phenoxy) is 3. The van der Waals surface area contributed by atoms with Gasteiger partial charge in [-0.3, -0.25) is 4.90 Å². The normalized spacial score (nSPS) is 26.0. The lowest BCUT2D eigenvalue weighted by molar-refractivity contribution is -0.174. The van der Waals surface area contributed by atoms with Gasteiger partial charge in [-0.1, -0.05) is 0 Å². The third-order valence-electron chi connectivity index (χ3n) is 7.63. The molecule has 2 fully saturated rings. The minimum atomic E-state index is -0.277. The van der Waals surface area contributed by atoms with Crippen molar-refractivity contribution in [2.24, 2.45) is 11.3 Å². The van der Waals surface area contributed by atoms with Crippen molar-refractivity contribution in [2.45, 2.75) is 51.4 Å². The summed E-state index contributed by atoms with van der Waals surface area (Å²) in [7, 11) is 3.53. The van der Waals surface area contributed by atoms with Gasteiger partial charge in [0.05, 0.1) is 19.8 Å². The van der Waals surface area contributed by atoms with Crippen molar-refractivity contribution in [3.63, 3.8) is 0 Å². The molecule has 4 heterocycles. The molecule has 5 rings (SSSR count). The Morgan fingerprint density at radius 1 is 1.19 bits per heavy atom. The second-order valence-electron chi connectivity index (χ2n) is 10.1. The number of benzene rings is 1. The van der Waals surface area contributed by atoms with Crippen LogP contribution >= 0.6 is 0 Å². The number of likely N-dealkylation sites (tertiary alicyclic amines) is 1.